The number of hydrogen-bond donors (Lipinski definition) is 4. The van der Waals surface area contributed by atoms with Gasteiger partial charge in [0.25, 0.3) is 0 Å². The van der Waals surface area contributed by atoms with Gasteiger partial charge in [-0.1, -0.05) is 23.7 Å². The summed E-state index contributed by atoms with van der Waals surface area (Å²) < 4.78 is 23.1. The zero-order valence-electron chi connectivity index (χ0n) is 18.9. The lowest BCUT2D eigenvalue weighted by atomic mass is 10.0. The Morgan fingerprint density at radius 2 is 2.15 bits per heavy atom. The molecule has 7 nitrogen and oxygen atoms in total. The van der Waals surface area contributed by atoms with Crippen molar-refractivity contribution in [3.8, 4) is 6.07 Å². The molecule has 0 amide bonds. The second-order valence-electron chi connectivity index (χ2n) is 7.97. The number of hydrazine groups is 2. The number of benzene rings is 2. The predicted molar refractivity (Wildman–Crippen MR) is 128 cm³/mol. The third-order valence-corrected chi connectivity index (χ3v) is 5.89. The molecule has 1 aliphatic heterocycles. The number of fused-ring (bicyclic) bond motifs is 1. The van der Waals surface area contributed by atoms with Crippen LogP contribution in [-0.4, -0.2) is 22.6 Å². The monoisotopic (exact) mass is 464 g/mol. The average molecular weight is 465 g/mol. The van der Waals surface area contributed by atoms with Gasteiger partial charge in [-0.3, -0.25) is 9.99 Å². The fraction of sp³-hybridized carbons (Fsp3) is 0.250. The fourth-order valence-corrected chi connectivity index (χ4v) is 4.11. The molecule has 2 heterocycles. The zero-order valence-corrected chi connectivity index (χ0v) is 18.7. The fourth-order valence-electron chi connectivity index (χ4n) is 3.84. The predicted octanol–water partition coefficient (Wildman–Crippen LogP) is 4.81. The standard InChI is InChI=1S/C24H23ClFN7/c1-2-28-22-15(11-27)12-29-24-19(22)9-17(10-20(24)25)30-23(14-3-5-16(26)6-4-14)21-13-33(32-31-21)18-7-8-18/h3-6,9-10,12-13,18,23,30-32H,2,7-8H2,1H3,(H,28,29)/t23-/m1/s1/i23D. The first-order valence-electron chi connectivity index (χ1n) is 11.3. The van der Waals surface area contributed by atoms with Crippen LogP contribution in [0.4, 0.5) is 15.8 Å². The Balaban J connectivity index is 1.61. The molecule has 0 spiro atoms. The van der Waals surface area contributed by atoms with Crippen molar-refractivity contribution in [3.05, 3.63) is 76.5 Å². The highest BCUT2D eigenvalue weighted by Crippen LogP contribution is 2.36. The van der Waals surface area contributed by atoms with Gasteiger partial charge in [0.2, 0.25) is 0 Å². The number of rotatable bonds is 7. The van der Waals surface area contributed by atoms with E-state index in [0.29, 0.717) is 56.7 Å². The summed E-state index contributed by atoms with van der Waals surface area (Å²) in [5.74, 6) is -0.378. The summed E-state index contributed by atoms with van der Waals surface area (Å²) in [5.41, 5.74) is 9.44. The third kappa shape index (κ3) is 4.25. The lowest BCUT2D eigenvalue weighted by Gasteiger charge is -2.22. The summed E-state index contributed by atoms with van der Waals surface area (Å²) in [6, 6.07) is 10.4. The molecule has 1 fully saturated rings. The Labute approximate surface area is 197 Å². The SMILES string of the molecule is [2H][C@](Nc1cc(Cl)c2ncc(C#N)c(NCC)c2c1)(C1=CN(C2CC2)NN1)c1ccc(F)cc1. The van der Waals surface area contributed by atoms with Gasteiger partial charge in [-0.05, 0) is 49.6 Å². The number of nitrogens with zero attached hydrogens (tertiary/aromatic N) is 3. The number of aromatic nitrogens is 1. The molecule has 1 atom stereocenters. The van der Waals surface area contributed by atoms with Gasteiger partial charge in [-0.25, -0.2) is 4.39 Å². The maximum Gasteiger partial charge on any atom is 0.123 e. The van der Waals surface area contributed by atoms with E-state index >= 15 is 0 Å². The van der Waals surface area contributed by atoms with Gasteiger partial charge < -0.3 is 16.1 Å². The van der Waals surface area contributed by atoms with E-state index in [1.54, 1.807) is 18.2 Å². The topological polar surface area (TPSA) is 88.0 Å². The number of halogens is 2. The minimum absolute atomic E-state index is 0.378. The van der Waals surface area contributed by atoms with Crippen LogP contribution in [0, 0.1) is 17.1 Å². The normalized spacial score (nSPS) is 17.6. The first-order valence-corrected chi connectivity index (χ1v) is 11.1. The highest BCUT2D eigenvalue weighted by molar-refractivity contribution is 6.35. The molecule has 3 aromatic rings. The molecular weight excluding hydrogens is 441 g/mol. The summed E-state index contributed by atoms with van der Waals surface area (Å²) in [7, 11) is 0. The molecule has 1 saturated carbocycles. The van der Waals surface area contributed by atoms with E-state index in [9.17, 15) is 11.0 Å². The summed E-state index contributed by atoms with van der Waals surface area (Å²) in [5, 5.41) is 19.1. The number of nitriles is 1. The molecule has 168 valence electrons. The van der Waals surface area contributed by atoms with Crippen LogP contribution in [0.2, 0.25) is 5.02 Å². The summed E-state index contributed by atoms with van der Waals surface area (Å²) >= 11 is 6.58. The Morgan fingerprint density at radius 1 is 1.36 bits per heavy atom. The second kappa shape index (κ2) is 8.77. The van der Waals surface area contributed by atoms with E-state index < -0.39 is 6.02 Å². The second-order valence-corrected chi connectivity index (χ2v) is 8.38. The van der Waals surface area contributed by atoms with E-state index in [0.717, 1.165) is 12.8 Å². The van der Waals surface area contributed by atoms with E-state index in [1.165, 1.54) is 18.3 Å². The van der Waals surface area contributed by atoms with Crippen LogP contribution in [-0.2, 0) is 0 Å². The number of nitrogens with one attached hydrogen (secondary N) is 4. The van der Waals surface area contributed by atoms with Crippen molar-refractivity contribution >= 4 is 33.9 Å². The number of pyridine rings is 1. The molecule has 0 radical (unpaired) electrons. The van der Waals surface area contributed by atoms with Crippen LogP contribution in [0.5, 0.6) is 0 Å². The Kier molecular flexibility index (Phi) is 5.34. The quantitative estimate of drug-likeness (QED) is 0.399. The van der Waals surface area contributed by atoms with E-state index in [1.807, 2.05) is 24.2 Å². The van der Waals surface area contributed by atoms with Crippen LogP contribution in [0.1, 0.15) is 38.3 Å². The first kappa shape index (κ1) is 20.1. The Bertz CT molecular complexity index is 1320. The highest BCUT2D eigenvalue weighted by Gasteiger charge is 2.32. The molecule has 1 aliphatic carbocycles. The summed E-state index contributed by atoms with van der Waals surface area (Å²) in [4.78, 5) is 4.36. The van der Waals surface area contributed by atoms with E-state index in [-0.39, 0.29) is 5.82 Å². The maximum absolute atomic E-state index is 13.7. The molecule has 2 aromatic carbocycles. The van der Waals surface area contributed by atoms with Crippen molar-refractivity contribution < 1.29 is 5.76 Å². The van der Waals surface area contributed by atoms with Crippen LogP contribution in [0.3, 0.4) is 0 Å². The first-order chi connectivity index (χ1) is 16.4. The van der Waals surface area contributed by atoms with Crippen LogP contribution < -0.4 is 21.6 Å². The van der Waals surface area contributed by atoms with Crippen molar-refractivity contribution in [1.29, 1.82) is 5.26 Å². The summed E-state index contributed by atoms with van der Waals surface area (Å²) in [6.07, 6.45) is 5.52. The molecule has 2 aliphatic rings. The lowest BCUT2D eigenvalue weighted by molar-refractivity contribution is 0.260. The largest absolute Gasteiger partial charge is 0.384 e. The van der Waals surface area contributed by atoms with Gasteiger partial charge in [0.1, 0.15) is 11.9 Å². The van der Waals surface area contributed by atoms with Crippen molar-refractivity contribution in [1.82, 2.24) is 21.0 Å². The lowest BCUT2D eigenvalue weighted by Crippen LogP contribution is -2.38. The zero-order chi connectivity index (χ0) is 23.9. The Hall–Kier alpha value is -3.54. The minimum atomic E-state index is -1.49. The molecule has 4 N–H and O–H groups in total. The third-order valence-electron chi connectivity index (χ3n) is 5.60. The Morgan fingerprint density at radius 3 is 2.85 bits per heavy atom. The van der Waals surface area contributed by atoms with Crippen molar-refractivity contribution in [2.75, 3.05) is 17.2 Å². The number of hydrogen-bond acceptors (Lipinski definition) is 7. The number of anilines is 2. The molecule has 5 rings (SSSR count). The van der Waals surface area contributed by atoms with Crippen molar-refractivity contribution in [3.63, 3.8) is 0 Å². The molecular formula is C24H23ClFN7. The van der Waals surface area contributed by atoms with Gasteiger partial charge in [0.05, 0.1) is 34.9 Å². The van der Waals surface area contributed by atoms with Crippen LogP contribution >= 0.6 is 11.6 Å². The summed E-state index contributed by atoms with van der Waals surface area (Å²) in [6.45, 7) is 2.55. The molecule has 0 unspecified atom stereocenters. The molecule has 0 saturated heterocycles. The smallest absolute Gasteiger partial charge is 0.123 e. The van der Waals surface area contributed by atoms with Gasteiger partial charge in [0.15, 0.2) is 0 Å². The molecule has 33 heavy (non-hydrogen) atoms. The van der Waals surface area contributed by atoms with Gasteiger partial charge in [-0.2, -0.15) is 5.26 Å². The highest BCUT2D eigenvalue weighted by atomic mass is 35.5. The average Bonchev–Trinajstić information content (AvgIpc) is 3.55. The maximum atomic E-state index is 13.7. The minimum Gasteiger partial charge on any atom is -0.384 e. The van der Waals surface area contributed by atoms with E-state index in [2.05, 4.69) is 32.6 Å². The van der Waals surface area contributed by atoms with Crippen molar-refractivity contribution in [2.24, 2.45) is 0 Å². The van der Waals surface area contributed by atoms with Gasteiger partial charge in [0, 0.05) is 36.1 Å². The van der Waals surface area contributed by atoms with Crippen molar-refractivity contribution in [2.45, 2.75) is 31.8 Å². The van der Waals surface area contributed by atoms with E-state index in [4.69, 9.17) is 11.6 Å². The van der Waals surface area contributed by atoms with Crippen LogP contribution in [0.25, 0.3) is 10.9 Å². The van der Waals surface area contributed by atoms with Gasteiger partial charge >= 0.3 is 0 Å². The van der Waals surface area contributed by atoms with Crippen LogP contribution in [0.15, 0.2) is 54.5 Å². The molecule has 1 aromatic heterocycles. The molecule has 0 bridgehead atoms. The molecule has 9 heteroatoms. The van der Waals surface area contributed by atoms with Gasteiger partial charge in [-0.15, -0.1) is 5.53 Å².